The summed E-state index contributed by atoms with van der Waals surface area (Å²) in [5.74, 6) is -0.199. The average molecular weight is 514 g/mol. The number of hydrogen-bond acceptors (Lipinski definition) is 6. The van der Waals surface area contributed by atoms with E-state index >= 15 is 0 Å². The Hall–Kier alpha value is -2.98. The summed E-state index contributed by atoms with van der Waals surface area (Å²) < 4.78 is 20.0. The molecule has 1 atom stereocenters. The Kier molecular flexibility index (Phi) is 7.94. The summed E-state index contributed by atoms with van der Waals surface area (Å²) in [5, 5.41) is 3.48. The van der Waals surface area contributed by atoms with Crippen molar-refractivity contribution in [2.75, 3.05) is 11.9 Å². The second-order valence-electron chi connectivity index (χ2n) is 10.3. The number of esters is 1. The van der Waals surface area contributed by atoms with Crippen LogP contribution in [0.2, 0.25) is 0 Å². The smallest absolute Gasteiger partial charge is 0.307 e. The number of benzene rings is 1. The van der Waals surface area contributed by atoms with Gasteiger partial charge in [-0.15, -0.1) is 0 Å². The van der Waals surface area contributed by atoms with E-state index in [4.69, 9.17) is 10.5 Å². The molecule has 0 spiro atoms. The average Bonchev–Trinajstić information content (AvgIpc) is 3.12. The highest BCUT2D eigenvalue weighted by atomic mass is 32.2. The minimum absolute atomic E-state index is 0.121. The van der Waals surface area contributed by atoms with Gasteiger partial charge in [-0.3, -0.25) is 9.59 Å². The largest absolute Gasteiger partial charge is 0.460 e. The van der Waals surface area contributed by atoms with Crippen molar-refractivity contribution in [3.05, 3.63) is 51.9 Å². The molecule has 2 aromatic rings. The summed E-state index contributed by atoms with van der Waals surface area (Å²) in [6.45, 7) is 6.21. The van der Waals surface area contributed by atoms with Crippen LogP contribution in [-0.2, 0) is 27.1 Å². The zero-order valence-electron chi connectivity index (χ0n) is 21.1. The zero-order valence-corrected chi connectivity index (χ0v) is 22.0. The highest BCUT2D eigenvalue weighted by Crippen LogP contribution is 2.31. The van der Waals surface area contributed by atoms with Gasteiger partial charge in [0.1, 0.15) is 28.0 Å². The Balaban J connectivity index is 1.49. The number of aromatic nitrogens is 1. The summed E-state index contributed by atoms with van der Waals surface area (Å²) in [5.41, 5.74) is 7.92. The van der Waals surface area contributed by atoms with E-state index in [1.807, 2.05) is 32.9 Å². The molecule has 1 aromatic heterocycles. The Labute approximate surface area is 214 Å². The van der Waals surface area contributed by atoms with Crippen LogP contribution in [0.4, 0.5) is 11.4 Å². The molecular formula is C26H35N5O4S. The molecule has 1 unspecified atom stereocenters. The van der Waals surface area contributed by atoms with E-state index in [9.17, 15) is 13.8 Å². The molecule has 36 heavy (non-hydrogen) atoms. The van der Waals surface area contributed by atoms with Gasteiger partial charge in [0, 0.05) is 25.3 Å². The van der Waals surface area contributed by atoms with Crippen LogP contribution in [0.25, 0.3) is 0 Å². The SMILES string of the molecule is CC(C)(C)OC(=O)CCN1Cc2cc(N=C(N)c3c(NC4CCCCC4)cc[nH]c3=O)ccc2S1=O. The summed E-state index contributed by atoms with van der Waals surface area (Å²) in [6.07, 6.45) is 7.48. The van der Waals surface area contributed by atoms with Gasteiger partial charge >= 0.3 is 5.97 Å². The minimum Gasteiger partial charge on any atom is -0.460 e. The van der Waals surface area contributed by atoms with Crippen LogP contribution in [0, 0.1) is 0 Å². The molecule has 2 aliphatic rings. The quantitative estimate of drug-likeness (QED) is 0.294. The molecule has 1 aliphatic carbocycles. The van der Waals surface area contributed by atoms with E-state index in [-0.39, 0.29) is 23.8 Å². The number of aromatic amines is 1. The third kappa shape index (κ3) is 6.41. The number of hydrogen-bond donors (Lipinski definition) is 3. The predicted octanol–water partition coefficient (Wildman–Crippen LogP) is 3.73. The zero-order chi connectivity index (χ0) is 25.9. The van der Waals surface area contributed by atoms with Crippen molar-refractivity contribution in [1.29, 1.82) is 0 Å². The number of ether oxygens (including phenoxy) is 1. The summed E-state index contributed by atoms with van der Waals surface area (Å²) in [6, 6.07) is 7.48. The maximum absolute atomic E-state index is 12.9. The number of amidine groups is 1. The van der Waals surface area contributed by atoms with Crippen LogP contribution in [0.3, 0.4) is 0 Å². The van der Waals surface area contributed by atoms with E-state index in [0.717, 1.165) is 18.4 Å². The molecule has 1 saturated carbocycles. The van der Waals surface area contributed by atoms with Gasteiger partial charge in [-0.2, -0.15) is 0 Å². The number of carbonyl (C=O) groups is 1. The molecule has 194 valence electrons. The van der Waals surface area contributed by atoms with Crippen molar-refractivity contribution >= 4 is 34.2 Å². The number of aliphatic imine (C=N–C) groups is 1. The number of anilines is 1. The van der Waals surface area contributed by atoms with Crippen LogP contribution in [0.15, 0.2) is 45.1 Å². The number of carbonyl (C=O) groups excluding carboxylic acids is 1. The van der Waals surface area contributed by atoms with Gasteiger partial charge in [0.15, 0.2) is 0 Å². The number of H-pyrrole nitrogens is 1. The van der Waals surface area contributed by atoms with Crippen LogP contribution in [0.1, 0.15) is 70.4 Å². The number of nitrogens with two attached hydrogens (primary N) is 1. The molecule has 0 saturated heterocycles. The Morgan fingerprint density at radius 1 is 1.25 bits per heavy atom. The lowest BCUT2D eigenvalue weighted by atomic mass is 9.95. The van der Waals surface area contributed by atoms with Crippen molar-refractivity contribution in [3.8, 4) is 0 Å². The first-order valence-electron chi connectivity index (χ1n) is 12.4. The van der Waals surface area contributed by atoms with E-state index in [0.29, 0.717) is 41.0 Å². The molecule has 1 fully saturated rings. The monoisotopic (exact) mass is 513 g/mol. The third-order valence-electron chi connectivity index (χ3n) is 6.23. The van der Waals surface area contributed by atoms with Crippen LogP contribution in [0.5, 0.6) is 0 Å². The van der Waals surface area contributed by atoms with Gasteiger partial charge in [-0.25, -0.2) is 13.5 Å². The molecule has 4 rings (SSSR count). The van der Waals surface area contributed by atoms with Gasteiger partial charge in [0.25, 0.3) is 5.56 Å². The first-order chi connectivity index (χ1) is 17.1. The van der Waals surface area contributed by atoms with Crippen LogP contribution in [-0.4, -0.2) is 43.5 Å². The lowest BCUT2D eigenvalue weighted by Gasteiger charge is -2.24. The highest BCUT2D eigenvalue weighted by Gasteiger charge is 2.28. The van der Waals surface area contributed by atoms with Crippen molar-refractivity contribution in [2.45, 2.75) is 82.4 Å². The second-order valence-corrected chi connectivity index (χ2v) is 11.8. The molecule has 10 heteroatoms. The predicted molar refractivity (Wildman–Crippen MR) is 142 cm³/mol. The summed E-state index contributed by atoms with van der Waals surface area (Å²) in [4.78, 5) is 32.6. The number of pyridine rings is 1. The van der Waals surface area contributed by atoms with Crippen molar-refractivity contribution in [3.63, 3.8) is 0 Å². The Morgan fingerprint density at radius 2 is 2.00 bits per heavy atom. The molecule has 1 aliphatic heterocycles. The van der Waals surface area contributed by atoms with E-state index in [1.165, 1.54) is 19.3 Å². The second kappa shape index (κ2) is 11.0. The minimum atomic E-state index is -1.36. The maximum atomic E-state index is 12.9. The Morgan fingerprint density at radius 3 is 2.72 bits per heavy atom. The normalized spacial score (nSPS) is 19.2. The number of fused-ring (bicyclic) bond motifs is 1. The van der Waals surface area contributed by atoms with E-state index < -0.39 is 16.6 Å². The molecule has 0 bridgehead atoms. The first-order valence-corrected chi connectivity index (χ1v) is 13.6. The van der Waals surface area contributed by atoms with Crippen molar-refractivity contribution in [2.24, 2.45) is 10.7 Å². The molecule has 2 heterocycles. The number of rotatable bonds is 7. The lowest BCUT2D eigenvalue weighted by molar-refractivity contribution is -0.154. The van der Waals surface area contributed by atoms with Gasteiger partial charge in [0.05, 0.1) is 22.7 Å². The molecule has 4 N–H and O–H groups in total. The van der Waals surface area contributed by atoms with E-state index in [1.54, 1.807) is 22.6 Å². The molecule has 0 radical (unpaired) electrons. The first kappa shape index (κ1) is 26.1. The lowest BCUT2D eigenvalue weighted by Crippen LogP contribution is -2.29. The fourth-order valence-electron chi connectivity index (χ4n) is 4.60. The van der Waals surface area contributed by atoms with Gasteiger partial charge in [0.2, 0.25) is 0 Å². The third-order valence-corrected chi connectivity index (χ3v) is 7.79. The van der Waals surface area contributed by atoms with Crippen molar-refractivity contribution in [1.82, 2.24) is 9.29 Å². The standard InChI is InChI=1S/C26H35N5O4S/c1-26(2,3)35-22(32)12-14-31-16-17-15-19(9-10-21(17)36(31)34)30-24(27)23-20(11-13-28-25(23)33)29-18-7-5-4-6-8-18/h9-11,13,15,18H,4-8,12,14,16H2,1-3H3,(H2,27,30)(H2,28,29,33). The molecular weight excluding hydrogens is 478 g/mol. The Bertz CT molecular complexity index is 1230. The fourth-order valence-corrected chi connectivity index (χ4v) is 5.93. The molecule has 1 aromatic carbocycles. The fraction of sp³-hybridized carbons (Fsp3) is 0.500. The summed E-state index contributed by atoms with van der Waals surface area (Å²) in [7, 11) is -1.36. The molecule has 9 nitrogen and oxygen atoms in total. The van der Waals surface area contributed by atoms with Gasteiger partial charge < -0.3 is 20.8 Å². The number of nitrogens with zero attached hydrogens (tertiary/aromatic N) is 2. The topological polar surface area (TPSA) is 130 Å². The number of nitrogens with one attached hydrogen (secondary N) is 2. The van der Waals surface area contributed by atoms with Crippen molar-refractivity contribution < 1.29 is 13.7 Å². The maximum Gasteiger partial charge on any atom is 0.307 e. The van der Waals surface area contributed by atoms with Gasteiger partial charge in [-0.1, -0.05) is 19.3 Å². The van der Waals surface area contributed by atoms with E-state index in [2.05, 4.69) is 15.3 Å². The van der Waals surface area contributed by atoms with Crippen LogP contribution < -0.4 is 16.6 Å². The highest BCUT2D eigenvalue weighted by molar-refractivity contribution is 7.83. The van der Waals surface area contributed by atoms with Crippen LogP contribution >= 0.6 is 0 Å². The molecule has 0 amide bonds. The summed E-state index contributed by atoms with van der Waals surface area (Å²) >= 11 is 0. The van der Waals surface area contributed by atoms with Gasteiger partial charge in [-0.05, 0) is 63.4 Å².